The number of hydrogen-bond donors (Lipinski definition) is 2. The van der Waals surface area contributed by atoms with E-state index in [1.54, 1.807) is 18.3 Å². The van der Waals surface area contributed by atoms with Crippen molar-refractivity contribution in [2.75, 3.05) is 6.54 Å². The number of hydrogen-bond acceptors (Lipinski definition) is 4. The van der Waals surface area contributed by atoms with Crippen LogP contribution in [0.3, 0.4) is 0 Å². The lowest BCUT2D eigenvalue weighted by Gasteiger charge is -2.07. The fourth-order valence-corrected chi connectivity index (χ4v) is 2.86. The van der Waals surface area contributed by atoms with E-state index in [0.717, 1.165) is 18.5 Å². The first-order valence-electron chi connectivity index (χ1n) is 9.95. The largest absolute Gasteiger partial charge is 0.361 e. The van der Waals surface area contributed by atoms with Gasteiger partial charge in [0, 0.05) is 18.7 Å². The number of benzene rings is 1. The Labute approximate surface area is 168 Å². The van der Waals surface area contributed by atoms with Gasteiger partial charge >= 0.3 is 0 Å². The molecule has 0 aliphatic rings. The van der Waals surface area contributed by atoms with E-state index in [1.807, 2.05) is 0 Å². The van der Waals surface area contributed by atoms with Crippen molar-refractivity contribution in [3.63, 3.8) is 0 Å². The van der Waals surface area contributed by atoms with Crippen LogP contribution in [0.15, 0.2) is 29.4 Å². The van der Waals surface area contributed by atoms with Gasteiger partial charge in [-0.15, -0.1) is 0 Å². The molecule has 0 fully saturated rings. The first-order valence-corrected chi connectivity index (χ1v) is 10.4. The molecule has 0 heterocycles. The molecule has 150 valence electrons. The molecule has 0 aromatic heterocycles. The highest BCUT2D eigenvalue weighted by molar-refractivity contribution is 7.80. The van der Waals surface area contributed by atoms with E-state index in [2.05, 4.69) is 22.8 Å². The summed E-state index contributed by atoms with van der Waals surface area (Å²) in [5.74, 6) is 0. The van der Waals surface area contributed by atoms with Gasteiger partial charge in [-0.25, -0.2) is 0 Å². The Kier molecular flexibility index (Phi) is 12.9. The first-order chi connectivity index (χ1) is 13.1. The molecule has 2 N–H and O–H groups in total. The molecule has 0 spiro atoms. The van der Waals surface area contributed by atoms with Crippen molar-refractivity contribution in [3.8, 4) is 0 Å². The molecule has 0 amide bonds. The summed E-state index contributed by atoms with van der Waals surface area (Å²) in [5.41, 5.74) is 3.59. The van der Waals surface area contributed by atoms with Crippen LogP contribution >= 0.6 is 12.2 Å². The maximum absolute atomic E-state index is 10.6. The van der Waals surface area contributed by atoms with E-state index in [0.29, 0.717) is 5.11 Å². The molecule has 0 atom stereocenters. The fraction of sp³-hybridized carbons (Fsp3) is 0.600. The van der Waals surface area contributed by atoms with Crippen LogP contribution in [0, 0.1) is 10.1 Å². The lowest BCUT2D eigenvalue weighted by atomic mass is 10.1. The number of thiocarbonyl (C=S) groups is 1. The van der Waals surface area contributed by atoms with Gasteiger partial charge in [0.2, 0.25) is 0 Å². The summed E-state index contributed by atoms with van der Waals surface area (Å²) in [7, 11) is 0. The fourth-order valence-electron chi connectivity index (χ4n) is 2.70. The summed E-state index contributed by atoms with van der Waals surface area (Å²) in [6, 6.07) is 6.18. The zero-order valence-electron chi connectivity index (χ0n) is 16.3. The van der Waals surface area contributed by atoms with Crippen LogP contribution in [0.5, 0.6) is 0 Å². The molecule has 0 aliphatic carbocycles. The van der Waals surface area contributed by atoms with Crippen molar-refractivity contribution in [1.29, 1.82) is 0 Å². The SMILES string of the molecule is CCCCCCCCCCCCNC(=S)N/N=C\c1ccc([N+](=O)[O-])cc1. The number of nitrogens with one attached hydrogen (secondary N) is 2. The van der Waals surface area contributed by atoms with Gasteiger partial charge in [-0.1, -0.05) is 64.7 Å². The second-order valence-electron chi connectivity index (χ2n) is 6.66. The van der Waals surface area contributed by atoms with Crippen molar-refractivity contribution < 1.29 is 4.92 Å². The van der Waals surface area contributed by atoms with Crippen LogP contribution in [0.4, 0.5) is 5.69 Å². The summed E-state index contributed by atoms with van der Waals surface area (Å²) < 4.78 is 0. The smallest absolute Gasteiger partial charge is 0.269 e. The number of nitrogens with zero attached hydrogens (tertiary/aromatic N) is 2. The molecule has 0 saturated heterocycles. The van der Waals surface area contributed by atoms with Crippen molar-refractivity contribution in [1.82, 2.24) is 10.7 Å². The second kappa shape index (κ2) is 15.1. The van der Waals surface area contributed by atoms with Gasteiger partial charge in [0.1, 0.15) is 0 Å². The summed E-state index contributed by atoms with van der Waals surface area (Å²) in [5, 5.41) is 18.3. The summed E-state index contributed by atoms with van der Waals surface area (Å²) >= 11 is 5.17. The molecule has 27 heavy (non-hydrogen) atoms. The summed E-state index contributed by atoms with van der Waals surface area (Å²) in [4.78, 5) is 10.2. The molecule has 0 saturated carbocycles. The number of unbranched alkanes of at least 4 members (excludes halogenated alkanes) is 9. The van der Waals surface area contributed by atoms with E-state index >= 15 is 0 Å². The second-order valence-corrected chi connectivity index (χ2v) is 7.06. The van der Waals surface area contributed by atoms with Gasteiger partial charge in [0.05, 0.1) is 11.1 Å². The van der Waals surface area contributed by atoms with E-state index in [1.165, 1.54) is 69.9 Å². The van der Waals surface area contributed by atoms with Crippen LogP contribution in [0.25, 0.3) is 0 Å². The molecule has 0 aliphatic heterocycles. The Bertz CT molecular complexity index is 576. The zero-order chi connectivity index (χ0) is 19.7. The van der Waals surface area contributed by atoms with Crippen molar-refractivity contribution in [2.45, 2.75) is 71.1 Å². The van der Waals surface area contributed by atoms with Crippen molar-refractivity contribution >= 4 is 29.2 Å². The Morgan fingerprint density at radius 3 is 2.15 bits per heavy atom. The third-order valence-electron chi connectivity index (χ3n) is 4.30. The van der Waals surface area contributed by atoms with Crippen molar-refractivity contribution in [2.24, 2.45) is 5.10 Å². The van der Waals surface area contributed by atoms with Crippen molar-refractivity contribution in [3.05, 3.63) is 39.9 Å². The van der Waals surface area contributed by atoms with Crippen LogP contribution in [0.1, 0.15) is 76.7 Å². The van der Waals surface area contributed by atoms with Gasteiger partial charge in [-0.05, 0) is 36.3 Å². The van der Waals surface area contributed by atoms with Crippen LogP contribution in [0.2, 0.25) is 0 Å². The minimum absolute atomic E-state index is 0.0637. The minimum atomic E-state index is -0.425. The van der Waals surface area contributed by atoms with Gasteiger partial charge in [-0.2, -0.15) is 5.10 Å². The molecule has 0 unspecified atom stereocenters. The highest BCUT2D eigenvalue weighted by Crippen LogP contribution is 2.11. The molecule has 1 rings (SSSR count). The molecular weight excluding hydrogens is 360 g/mol. The minimum Gasteiger partial charge on any atom is -0.361 e. The predicted molar refractivity (Wildman–Crippen MR) is 116 cm³/mol. The highest BCUT2D eigenvalue weighted by Gasteiger charge is 2.02. The molecule has 1 aromatic rings. The van der Waals surface area contributed by atoms with Crippen LogP contribution in [-0.4, -0.2) is 22.8 Å². The van der Waals surface area contributed by atoms with Gasteiger partial charge in [-0.3, -0.25) is 15.5 Å². The number of rotatable bonds is 14. The quantitative estimate of drug-likeness (QED) is 0.147. The Balaban J connectivity index is 2.00. The summed E-state index contributed by atoms with van der Waals surface area (Å²) in [6.45, 7) is 3.09. The monoisotopic (exact) mass is 392 g/mol. The van der Waals surface area contributed by atoms with E-state index in [4.69, 9.17) is 12.2 Å². The zero-order valence-corrected chi connectivity index (χ0v) is 17.1. The molecule has 1 aromatic carbocycles. The Morgan fingerprint density at radius 1 is 1.04 bits per heavy atom. The average Bonchev–Trinajstić information content (AvgIpc) is 2.66. The Morgan fingerprint density at radius 2 is 1.59 bits per heavy atom. The lowest BCUT2D eigenvalue weighted by molar-refractivity contribution is -0.384. The maximum Gasteiger partial charge on any atom is 0.269 e. The first kappa shape index (κ1) is 23.0. The lowest BCUT2D eigenvalue weighted by Crippen LogP contribution is -2.32. The molecular formula is C20H32N4O2S. The van der Waals surface area contributed by atoms with E-state index < -0.39 is 4.92 Å². The van der Waals surface area contributed by atoms with Gasteiger partial charge in [0.15, 0.2) is 5.11 Å². The number of non-ortho nitro benzene ring substituents is 1. The number of hydrazone groups is 1. The molecule has 0 radical (unpaired) electrons. The summed E-state index contributed by atoms with van der Waals surface area (Å²) in [6.07, 6.45) is 14.7. The highest BCUT2D eigenvalue weighted by atomic mass is 32.1. The normalized spacial score (nSPS) is 10.9. The maximum atomic E-state index is 10.6. The number of nitro groups is 1. The van der Waals surface area contributed by atoms with Crippen LogP contribution < -0.4 is 10.7 Å². The standard InChI is InChI=1S/C20H32N4O2S/c1-2-3-4-5-6-7-8-9-10-11-16-21-20(27)23-22-17-18-12-14-19(15-13-18)24(25)26/h12-15,17H,2-11,16H2,1H3,(H2,21,23,27)/b22-17-. The molecule has 6 nitrogen and oxygen atoms in total. The van der Waals surface area contributed by atoms with E-state index in [9.17, 15) is 10.1 Å². The Hall–Kier alpha value is -2.02. The third kappa shape index (κ3) is 12.1. The number of nitro benzene ring substituents is 1. The van der Waals surface area contributed by atoms with Crippen LogP contribution in [-0.2, 0) is 0 Å². The third-order valence-corrected chi connectivity index (χ3v) is 4.54. The van der Waals surface area contributed by atoms with Gasteiger partial charge in [0.25, 0.3) is 5.69 Å². The van der Waals surface area contributed by atoms with E-state index in [-0.39, 0.29) is 5.69 Å². The predicted octanol–water partition coefficient (Wildman–Crippen LogP) is 5.31. The van der Waals surface area contributed by atoms with Gasteiger partial charge < -0.3 is 5.32 Å². The molecule has 0 bridgehead atoms. The molecule has 7 heteroatoms. The topological polar surface area (TPSA) is 79.6 Å². The average molecular weight is 393 g/mol.